The molecule has 0 saturated carbocycles. The average molecular weight is 318 g/mol. The van der Waals surface area contributed by atoms with Gasteiger partial charge in [-0.2, -0.15) is 0 Å². The highest BCUT2D eigenvalue weighted by Gasteiger charge is 2.16. The van der Waals surface area contributed by atoms with Crippen molar-refractivity contribution < 1.29 is 9.53 Å². The Balaban J connectivity index is 2.26. The van der Waals surface area contributed by atoms with Crippen LogP contribution in [0.3, 0.4) is 0 Å². The van der Waals surface area contributed by atoms with Crippen molar-refractivity contribution >= 4 is 34.4 Å². The molecule has 3 rings (SSSR count). The number of carbonyl (C=O) groups is 1. The third kappa shape index (κ3) is 2.25. The van der Waals surface area contributed by atoms with Gasteiger partial charge in [0.15, 0.2) is 5.16 Å². The van der Waals surface area contributed by atoms with E-state index in [9.17, 15) is 9.59 Å². The molecule has 0 radical (unpaired) electrons. The Morgan fingerprint density at radius 1 is 1.27 bits per heavy atom. The van der Waals surface area contributed by atoms with Crippen molar-refractivity contribution in [2.45, 2.75) is 18.6 Å². The van der Waals surface area contributed by atoms with E-state index < -0.39 is 0 Å². The number of aryl methyl sites for hydroxylation is 1. The summed E-state index contributed by atoms with van der Waals surface area (Å²) in [6, 6.07) is 7.56. The van der Waals surface area contributed by atoms with E-state index in [-0.39, 0.29) is 22.9 Å². The lowest BCUT2D eigenvalue weighted by Crippen LogP contribution is -2.22. The number of thioether (sulfide) groups is 1. The Morgan fingerprint density at radius 2 is 2.00 bits per heavy atom. The summed E-state index contributed by atoms with van der Waals surface area (Å²) in [6.45, 7) is 2.46. The molecule has 0 aliphatic rings. The summed E-state index contributed by atoms with van der Waals surface area (Å²) in [7, 11) is 1.33. The zero-order valence-electron chi connectivity index (χ0n) is 12.1. The molecule has 1 aromatic carbocycles. The van der Waals surface area contributed by atoms with Gasteiger partial charge in [0.25, 0.3) is 5.56 Å². The third-order valence-electron chi connectivity index (χ3n) is 3.35. The lowest BCUT2D eigenvalue weighted by atomic mass is 10.3. The number of hydrogen-bond donors (Lipinski definition) is 0. The number of rotatable bonds is 4. The number of methoxy groups -OCH3 is 1. The number of benzene rings is 1. The molecule has 0 spiro atoms. The summed E-state index contributed by atoms with van der Waals surface area (Å²) < 4.78 is 7.98. The molecule has 22 heavy (non-hydrogen) atoms. The Hall–Kier alpha value is -2.35. The van der Waals surface area contributed by atoms with Crippen LogP contribution in [0.1, 0.15) is 6.92 Å². The molecule has 0 unspecified atom stereocenters. The van der Waals surface area contributed by atoms with Gasteiger partial charge in [-0.15, -0.1) is 10.2 Å². The van der Waals surface area contributed by atoms with E-state index in [0.29, 0.717) is 11.7 Å². The minimum Gasteiger partial charge on any atom is -0.468 e. The second-order valence-corrected chi connectivity index (χ2v) is 5.49. The van der Waals surface area contributed by atoms with Crippen LogP contribution in [0.4, 0.5) is 0 Å². The van der Waals surface area contributed by atoms with Crippen molar-refractivity contribution in [1.29, 1.82) is 0 Å². The quantitative estimate of drug-likeness (QED) is 0.533. The Kier molecular flexibility index (Phi) is 3.84. The highest BCUT2D eigenvalue weighted by Crippen LogP contribution is 2.21. The van der Waals surface area contributed by atoms with Gasteiger partial charge in [-0.1, -0.05) is 23.9 Å². The summed E-state index contributed by atoms with van der Waals surface area (Å²) in [5.41, 5.74) is 1.70. The Labute approximate surface area is 129 Å². The number of para-hydroxylation sites is 2. The van der Waals surface area contributed by atoms with Gasteiger partial charge < -0.3 is 9.30 Å². The van der Waals surface area contributed by atoms with Crippen LogP contribution in [-0.2, 0) is 16.1 Å². The molecule has 3 aromatic rings. The van der Waals surface area contributed by atoms with E-state index in [2.05, 4.69) is 14.9 Å². The second kappa shape index (κ2) is 5.80. The van der Waals surface area contributed by atoms with E-state index in [1.807, 2.05) is 31.2 Å². The van der Waals surface area contributed by atoms with Crippen LogP contribution < -0.4 is 5.56 Å². The molecule has 114 valence electrons. The molecule has 0 N–H and O–H groups in total. The maximum absolute atomic E-state index is 12.5. The van der Waals surface area contributed by atoms with Gasteiger partial charge in [-0.3, -0.25) is 14.0 Å². The molecular formula is C14H14N4O3S. The van der Waals surface area contributed by atoms with Gasteiger partial charge in [-0.25, -0.2) is 0 Å². The largest absolute Gasteiger partial charge is 0.468 e. The topological polar surface area (TPSA) is 78.5 Å². The first-order valence-electron chi connectivity index (χ1n) is 6.73. The fourth-order valence-electron chi connectivity index (χ4n) is 2.33. The fraction of sp³-hybridized carbons (Fsp3) is 0.286. The Bertz CT molecular complexity index is 915. The minimum absolute atomic E-state index is 0.114. The van der Waals surface area contributed by atoms with Crippen molar-refractivity contribution in [3.63, 3.8) is 0 Å². The predicted molar refractivity (Wildman–Crippen MR) is 83.2 cm³/mol. The molecule has 0 aliphatic heterocycles. The van der Waals surface area contributed by atoms with Gasteiger partial charge in [-0.05, 0) is 19.1 Å². The predicted octanol–water partition coefficient (Wildman–Crippen LogP) is 1.33. The lowest BCUT2D eigenvalue weighted by Gasteiger charge is -2.10. The lowest BCUT2D eigenvalue weighted by molar-refractivity contribution is -0.137. The van der Waals surface area contributed by atoms with Gasteiger partial charge in [0, 0.05) is 6.54 Å². The van der Waals surface area contributed by atoms with Gasteiger partial charge in [0.05, 0.1) is 23.9 Å². The zero-order chi connectivity index (χ0) is 15.7. The van der Waals surface area contributed by atoms with Crippen molar-refractivity contribution in [3.05, 3.63) is 34.6 Å². The zero-order valence-corrected chi connectivity index (χ0v) is 13.0. The molecule has 7 nitrogen and oxygen atoms in total. The van der Waals surface area contributed by atoms with Crippen LogP contribution in [0.25, 0.3) is 16.7 Å². The van der Waals surface area contributed by atoms with Crippen molar-refractivity contribution in [1.82, 2.24) is 19.2 Å². The van der Waals surface area contributed by atoms with Crippen molar-refractivity contribution in [2.24, 2.45) is 0 Å². The Morgan fingerprint density at radius 3 is 2.68 bits per heavy atom. The first-order chi connectivity index (χ1) is 10.7. The number of aromatic nitrogens is 4. The maximum Gasteiger partial charge on any atom is 0.316 e. The number of esters is 1. The monoisotopic (exact) mass is 318 g/mol. The van der Waals surface area contributed by atoms with Crippen molar-refractivity contribution in [3.8, 4) is 0 Å². The number of ether oxygens (including phenoxy) is 1. The average Bonchev–Trinajstić information content (AvgIpc) is 2.97. The number of carbonyl (C=O) groups excluding carboxylic acids is 1. The van der Waals surface area contributed by atoms with E-state index in [1.165, 1.54) is 18.9 Å². The summed E-state index contributed by atoms with van der Waals surface area (Å²) in [6.07, 6.45) is 0. The van der Waals surface area contributed by atoms with E-state index in [0.717, 1.165) is 11.0 Å². The number of nitrogens with zero attached hydrogens (tertiary/aromatic N) is 4. The summed E-state index contributed by atoms with van der Waals surface area (Å²) in [5, 5.41) is 8.53. The second-order valence-electron chi connectivity index (χ2n) is 4.54. The molecule has 0 aliphatic carbocycles. The minimum atomic E-state index is -0.354. The molecule has 0 atom stereocenters. The highest BCUT2D eigenvalue weighted by atomic mass is 32.2. The van der Waals surface area contributed by atoms with Crippen LogP contribution in [-0.4, -0.2) is 38.0 Å². The molecule has 2 heterocycles. The standard InChI is InChI=1S/C14H14N4O3S/c1-3-17-9-6-4-5-7-10(9)18-12(13(17)20)15-16-14(18)22-8-11(19)21-2/h4-7H,3,8H2,1-2H3. The molecule has 0 amide bonds. The van der Waals surface area contributed by atoms with Crippen LogP contribution in [0.2, 0.25) is 0 Å². The van der Waals surface area contributed by atoms with Crippen LogP contribution >= 0.6 is 11.8 Å². The van der Waals surface area contributed by atoms with E-state index in [1.54, 1.807) is 8.97 Å². The van der Waals surface area contributed by atoms with E-state index in [4.69, 9.17) is 0 Å². The number of fused-ring (bicyclic) bond motifs is 3. The summed E-state index contributed by atoms with van der Waals surface area (Å²) >= 11 is 1.19. The summed E-state index contributed by atoms with van der Waals surface area (Å²) in [5.74, 6) is -0.240. The fourth-order valence-corrected chi connectivity index (χ4v) is 3.10. The van der Waals surface area contributed by atoms with Crippen LogP contribution in [0.15, 0.2) is 34.2 Å². The molecule has 0 bridgehead atoms. The summed E-state index contributed by atoms with van der Waals surface area (Å²) in [4.78, 5) is 23.8. The van der Waals surface area contributed by atoms with Gasteiger partial charge >= 0.3 is 5.97 Å². The SMILES string of the molecule is CCn1c(=O)c2nnc(SCC(=O)OC)n2c2ccccc21. The van der Waals surface area contributed by atoms with Crippen LogP contribution in [0, 0.1) is 0 Å². The van der Waals surface area contributed by atoms with Crippen molar-refractivity contribution in [2.75, 3.05) is 12.9 Å². The first-order valence-corrected chi connectivity index (χ1v) is 7.72. The molecule has 0 saturated heterocycles. The van der Waals surface area contributed by atoms with E-state index >= 15 is 0 Å². The number of hydrogen-bond acceptors (Lipinski definition) is 6. The molecular weight excluding hydrogens is 304 g/mol. The van der Waals surface area contributed by atoms with Gasteiger partial charge in [0.1, 0.15) is 0 Å². The molecule has 2 aromatic heterocycles. The normalized spacial score (nSPS) is 11.2. The first kappa shape index (κ1) is 14.6. The maximum atomic E-state index is 12.5. The smallest absolute Gasteiger partial charge is 0.316 e. The molecule has 8 heteroatoms. The van der Waals surface area contributed by atoms with Crippen LogP contribution in [0.5, 0.6) is 0 Å². The highest BCUT2D eigenvalue weighted by molar-refractivity contribution is 7.99. The van der Waals surface area contributed by atoms with Gasteiger partial charge in [0.2, 0.25) is 5.65 Å². The third-order valence-corrected chi connectivity index (χ3v) is 4.25. The molecule has 0 fully saturated rings.